The highest BCUT2D eigenvalue weighted by Crippen LogP contribution is 2.47. The van der Waals surface area contributed by atoms with Crippen LogP contribution in [0, 0.1) is 16.0 Å². The Hall–Kier alpha value is -3.42. The molecule has 1 aliphatic carbocycles. The van der Waals surface area contributed by atoms with Crippen LogP contribution >= 0.6 is 0 Å². The van der Waals surface area contributed by atoms with Gasteiger partial charge in [0.1, 0.15) is 0 Å². The van der Waals surface area contributed by atoms with Crippen molar-refractivity contribution in [2.75, 3.05) is 6.79 Å². The number of rotatable bonds is 5. The Morgan fingerprint density at radius 2 is 1.96 bits per heavy atom. The second kappa shape index (κ2) is 6.47. The molecule has 1 saturated carbocycles. The molecule has 26 heavy (non-hydrogen) atoms. The van der Waals surface area contributed by atoms with Crippen molar-refractivity contribution in [3.8, 4) is 11.5 Å². The molecule has 1 amide bonds. The predicted octanol–water partition coefficient (Wildman–Crippen LogP) is 2.58. The summed E-state index contributed by atoms with van der Waals surface area (Å²) in [6.07, 6.45) is 2.02. The van der Waals surface area contributed by atoms with Gasteiger partial charge in [0.15, 0.2) is 11.5 Å². The van der Waals surface area contributed by atoms with Gasteiger partial charge in [-0.2, -0.15) is 5.10 Å². The fourth-order valence-corrected chi connectivity index (χ4v) is 3.01. The minimum Gasteiger partial charge on any atom is -0.454 e. The molecule has 2 atom stereocenters. The van der Waals surface area contributed by atoms with E-state index in [4.69, 9.17) is 9.47 Å². The lowest BCUT2D eigenvalue weighted by Gasteiger charge is -2.02. The van der Waals surface area contributed by atoms with E-state index in [1.54, 1.807) is 0 Å². The van der Waals surface area contributed by atoms with Crippen molar-refractivity contribution < 1.29 is 19.2 Å². The van der Waals surface area contributed by atoms with Crippen LogP contribution in [0.4, 0.5) is 5.69 Å². The maximum atomic E-state index is 12.2. The van der Waals surface area contributed by atoms with Crippen molar-refractivity contribution in [1.29, 1.82) is 0 Å². The molecule has 2 aromatic carbocycles. The number of hydrogen-bond acceptors (Lipinski definition) is 6. The number of carbonyl (C=O) groups excluding carboxylic acids is 1. The Morgan fingerprint density at radius 3 is 2.69 bits per heavy atom. The lowest BCUT2D eigenvalue weighted by atomic mass is 10.1. The fourth-order valence-electron chi connectivity index (χ4n) is 3.01. The number of benzene rings is 2. The lowest BCUT2D eigenvalue weighted by Crippen LogP contribution is -2.20. The van der Waals surface area contributed by atoms with Crippen molar-refractivity contribution in [1.82, 2.24) is 5.43 Å². The molecule has 0 bridgehead atoms. The minimum atomic E-state index is -0.530. The quantitative estimate of drug-likeness (QED) is 0.505. The van der Waals surface area contributed by atoms with E-state index in [0.717, 1.165) is 12.0 Å². The van der Waals surface area contributed by atoms with E-state index in [2.05, 4.69) is 10.5 Å². The Morgan fingerprint density at radius 1 is 1.23 bits per heavy atom. The number of nitro groups is 1. The van der Waals surface area contributed by atoms with Crippen molar-refractivity contribution in [2.45, 2.75) is 12.3 Å². The van der Waals surface area contributed by atoms with Gasteiger partial charge in [-0.3, -0.25) is 14.9 Å². The average Bonchev–Trinajstić information content (AvgIpc) is 3.32. The molecule has 1 N–H and O–H groups in total. The first-order chi connectivity index (χ1) is 12.6. The van der Waals surface area contributed by atoms with Crippen molar-refractivity contribution in [3.63, 3.8) is 0 Å². The summed E-state index contributed by atoms with van der Waals surface area (Å²) in [5.74, 6) is 0.613. The van der Waals surface area contributed by atoms with E-state index in [1.807, 2.05) is 30.3 Å². The highest BCUT2D eigenvalue weighted by Gasteiger charge is 2.43. The van der Waals surface area contributed by atoms with Gasteiger partial charge < -0.3 is 9.47 Å². The zero-order valence-corrected chi connectivity index (χ0v) is 13.6. The molecule has 0 saturated heterocycles. The zero-order chi connectivity index (χ0) is 18.1. The Balaban J connectivity index is 1.43. The van der Waals surface area contributed by atoms with Crippen LogP contribution in [0.3, 0.4) is 0 Å². The number of amides is 1. The third-order valence-electron chi connectivity index (χ3n) is 4.45. The molecule has 1 heterocycles. The first-order valence-electron chi connectivity index (χ1n) is 8.09. The van der Waals surface area contributed by atoms with Gasteiger partial charge in [-0.25, -0.2) is 5.43 Å². The van der Waals surface area contributed by atoms with Gasteiger partial charge in [-0.05, 0) is 24.0 Å². The molecular formula is C18H15N3O5. The second-order valence-electron chi connectivity index (χ2n) is 6.12. The zero-order valence-electron chi connectivity index (χ0n) is 13.6. The number of nitrogens with one attached hydrogen (secondary N) is 1. The summed E-state index contributed by atoms with van der Waals surface area (Å²) in [6, 6.07) is 12.6. The maximum Gasteiger partial charge on any atom is 0.282 e. The highest BCUT2D eigenvalue weighted by molar-refractivity contribution is 5.89. The van der Waals surface area contributed by atoms with Crippen LogP contribution < -0.4 is 14.9 Å². The van der Waals surface area contributed by atoms with Gasteiger partial charge in [-0.15, -0.1) is 0 Å². The molecule has 8 nitrogen and oxygen atoms in total. The molecule has 2 aromatic rings. The van der Waals surface area contributed by atoms with Crippen molar-refractivity contribution >= 4 is 17.8 Å². The van der Waals surface area contributed by atoms with Crippen molar-refractivity contribution in [3.05, 3.63) is 63.7 Å². The summed E-state index contributed by atoms with van der Waals surface area (Å²) in [7, 11) is 0. The Kier molecular flexibility index (Phi) is 4.00. The lowest BCUT2D eigenvalue weighted by molar-refractivity contribution is -0.385. The van der Waals surface area contributed by atoms with Crippen LogP contribution in [0.15, 0.2) is 47.6 Å². The number of ether oxygens (including phenoxy) is 2. The normalized spacial score (nSPS) is 20.2. The van der Waals surface area contributed by atoms with E-state index in [-0.39, 0.29) is 35.8 Å². The first kappa shape index (κ1) is 16.1. The smallest absolute Gasteiger partial charge is 0.282 e. The third-order valence-corrected chi connectivity index (χ3v) is 4.45. The number of carbonyl (C=O) groups is 1. The summed E-state index contributed by atoms with van der Waals surface area (Å²) in [4.78, 5) is 22.8. The molecule has 4 rings (SSSR count). The summed E-state index contributed by atoms with van der Waals surface area (Å²) < 4.78 is 10.4. The van der Waals surface area contributed by atoms with E-state index >= 15 is 0 Å². The van der Waals surface area contributed by atoms with Gasteiger partial charge in [-0.1, -0.05) is 30.3 Å². The summed E-state index contributed by atoms with van der Waals surface area (Å²) >= 11 is 0. The standard InChI is InChI=1S/C18H15N3O5/c22-18(14-7-13(14)11-4-2-1-3-5-11)20-19-9-12-6-16-17(26-10-25-16)8-15(12)21(23)24/h1-6,8-9,13-14H,7,10H2,(H,20,22)/b19-9-/t13-,14+/m1/s1. The topological polar surface area (TPSA) is 103 Å². The van der Waals surface area contributed by atoms with Crippen molar-refractivity contribution in [2.24, 2.45) is 11.0 Å². The Bertz CT molecular complexity index is 897. The minimum absolute atomic E-state index is 0.0202. The van der Waals surface area contributed by atoms with Crippen LogP contribution in [0.1, 0.15) is 23.5 Å². The van der Waals surface area contributed by atoms with E-state index < -0.39 is 4.92 Å². The first-order valence-corrected chi connectivity index (χ1v) is 8.09. The van der Waals surface area contributed by atoms with Crippen LogP contribution in [0.5, 0.6) is 11.5 Å². The van der Waals surface area contributed by atoms with Crippen LogP contribution in [0.2, 0.25) is 0 Å². The van der Waals surface area contributed by atoms with Gasteiger partial charge in [0, 0.05) is 5.92 Å². The van der Waals surface area contributed by atoms with Gasteiger partial charge in [0.2, 0.25) is 12.7 Å². The van der Waals surface area contributed by atoms with E-state index in [1.165, 1.54) is 18.3 Å². The Labute approximate surface area is 148 Å². The van der Waals surface area contributed by atoms with E-state index in [0.29, 0.717) is 11.5 Å². The number of nitrogens with zero attached hydrogens (tertiary/aromatic N) is 2. The summed E-state index contributed by atoms with van der Waals surface area (Å²) in [5, 5.41) is 15.1. The van der Waals surface area contributed by atoms with Crippen LogP contribution in [-0.4, -0.2) is 23.8 Å². The molecule has 0 unspecified atom stereocenters. The largest absolute Gasteiger partial charge is 0.454 e. The van der Waals surface area contributed by atoms with Crippen LogP contribution in [-0.2, 0) is 4.79 Å². The van der Waals surface area contributed by atoms with Gasteiger partial charge in [0.05, 0.1) is 22.8 Å². The fraction of sp³-hybridized carbons (Fsp3) is 0.222. The predicted molar refractivity (Wildman–Crippen MR) is 92.2 cm³/mol. The molecule has 2 aliphatic rings. The average molecular weight is 353 g/mol. The summed E-state index contributed by atoms with van der Waals surface area (Å²) in [6.45, 7) is 0.0202. The molecule has 0 spiro atoms. The van der Waals surface area contributed by atoms with Crippen LogP contribution in [0.25, 0.3) is 0 Å². The molecule has 0 radical (unpaired) electrons. The number of nitro benzene ring substituents is 1. The SMILES string of the molecule is O=C(N/N=C\c1cc2c(cc1[N+](=O)[O-])OCO2)[C@H]1C[C@@H]1c1ccccc1. The number of hydrogen-bond donors (Lipinski definition) is 1. The highest BCUT2D eigenvalue weighted by atomic mass is 16.7. The molecule has 132 valence electrons. The molecule has 8 heteroatoms. The van der Waals surface area contributed by atoms with E-state index in [9.17, 15) is 14.9 Å². The number of hydrazone groups is 1. The monoisotopic (exact) mass is 353 g/mol. The maximum absolute atomic E-state index is 12.2. The second-order valence-corrected chi connectivity index (χ2v) is 6.12. The number of fused-ring (bicyclic) bond motifs is 1. The van der Waals surface area contributed by atoms with Gasteiger partial charge in [0.25, 0.3) is 5.69 Å². The summed E-state index contributed by atoms with van der Waals surface area (Å²) in [5.41, 5.74) is 3.66. The van der Waals surface area contributed by atoms with Gasteiger partial charge >= 0.3 is 0 Å². The molecule has 1 fully saturated rings. The molecule has 1 aliphatic heterocycles. The third kappa shape index (κ3) is 3.08. The molecule has 0 aromatic heterocycles. The molecular weight excluding hydrogens is 338 g/mol.